The Morgan fingerprint density at radius 3 is 1.43 bits per heavy atom. The van der Waals surface area contributed by atoms with Crippen molar-refractivity contribution < 1.29 is 10.2 Å². The smallest absolute Gasteiger partial charge is 0.115 e. The standard InChI is InChI=1S/C25H35BrO2/c1-2-3-4-5-6-7-8-9-10-19-25(20-26,21-11-15-23(27)16-12-21)22-13-17-24(28)18-14-22/h11-18,27-28H,2-10,19-20H2,1H3. The van der Waals surface area contributed by atoms with E-state index in [2.05, 4.69) is 22.9 Å². The lowest BCUT2D eigenvalue weighted by atomic mass is 9.72. The van der Waals surface area contributed by atoms with Crippen LogP contribution < -0.4 is 0 Å². The molecule has 28 heavy (non-hydrogen) atoms. The van der Waals surface area contributed by atoms with E-state index in [0.29, 0.717) is 11.5 Å². The summed E-state index contributed by atoms with van der Waals surface area (Å²) in [6.07, 6.45) is 12.9. The molecule has 0 aliphatic carbocycles. The fourth-order valence-electron chi connectivity index (χ4n) is 3.97. The van der Waals surface area contributed by atoms with Crippen molar-refractivity contribution in [2.24, 2.45) is 0 Å². The van der Waals surface area contributed by atoms with Crippen molar-refractivity contribution in [3.63, 3.8) is 0 Å². The largest absolute Gasteiger partial charge is 0.508 e. The van der Waals surface area contributed by atoms with Crippen molar-refractivity contribution in [2.45, 2.75) is 76.5 Å². The maximum Gasteiger partial charge on any atom is 0.115 e. The third-order valence-electron chi connectivity index (χ3n) is 5.78. The van der Waals surface area contributed by atoms with Crippen molar-refractivity contribution in [2.75, 3.05) is 5.33 Å². The van der Waals surface area contributed by atoms with Gasteiger partial charge >= 0.3 is 0 Å². The Balaban J connectivity index is 2.01. The molecule has 0 bridgehead atoms. The molecule has 0 saturated heterocycles. The maximum absolute atomic E-state index is 9.71. The van der Waals surface area contributed by atoms with Gasteiger partial charge in [-0.1, -0.05) is 105 Å². The van der Waals surface area contributed by atoms with Crippen LogP contribution in [0.2, 0.25) is 0 Å². The topological polar surface area (TPSA) is 40.5 Å². The van der Waals surface area contributed by atoms with Crippen LogP contribution in [-0.4, -0.2) is 15.5 Å². The molecule has 154 valence electrons. The van der Waals surface area contributed by atoms with E-state index >= 15 is 0 Å². The van der Waals surface area contributed by atoms with Gasteiger partial charge in [-0.25, -0.2) is 0 Å². The minimum atomic E-state index is -0.150. The van der Waals surface area contributed by atoms with Crippen molar-refractivity contribution in [3.8, 4) is 11.5 Å². The molecule has 0 radical (unpaired) electrons. The van der Waals surface area contributed by atoms with Crippen molar-refractivity contribution in [1.82, 2.24) is 0 Å². The first kappa shape index (κ1) is 22.8. The number of rotatable bonds is 13. The van der Waals surface area contributed by atoms with Gasteiger partial charge in [0.1, 0.15) is 11.5 Å². The minimum absolute atomic E-state index is 0.150. The highest BCUT2D eigenvalue weighted by molar-refractivity contribution is 9.09. The van der Waals surface area contributed by atoms with E-state index in [1.165, 1.54) is 68.9 Å². The predicted molar refractivity (Wildman–Crippen MR) is 123 cm³/mol. The third kappa shape index (κ3) is 6.55. The highest BCUT2D eigenvalue weighted by Crippen LogP contribution is 2.40. The monoisotopic (exact) mass is 446 g/mol. The quantitative estimate of drug-likeness (QED) is 0.244. The molecule has 0 spiro atoms. The van der Waals surface area contributed by atoms with E-state index in [4.69, 9.17) is 0 Å². The zero-order valence-electron chi connectivity index (χ0n) is 17.2. The Bertz CT molecular complexity index is 618. The summed E-state index contributed by atoms with van der Waals surface area (Å²) in [4.78, 5) is 0. The minimum Gasteiger partial charge on any atom is -0.508 e. The van der Waals surface area contributed by atoms with Gasteiger partial charge in [0.2, 0.25) is 0 Å². The number of unbranched alkanes of at least 4 members (excludes halogenated alkanes) is 8. The van der Waals surface area contributed by atoms with Gasteiger partial charge in [-0.2, -0.15) is 0 Å². The van der Waals surface area contributed by atoms with Crippen molar-refractivity contribution >= 4 is 15.9 Å². The lowest BCUT2D eigenvalue weighted by molar-refractivity contribution is 0.463. The van der Waals surface area contributed by atoms with Crippen molar-refractivity contribution in [3.05, 3.63) is 59.7 Å². The molecule has 2 rings (SSSR count). The molecule has 2 aromatic rings. The van der Waals surface area contributed by atoms with Gasteiger partial charge in [0.05, 0.1) is 0 Å². The summed E-state index contributed by atoms with van der Waals surface area (Å²) < 4.78 is 0. The summed E-state index contributed by atoms with van der Waals surface area (Å²) in [5.41, 5.74) is 2.25. The Morgan fingerprint density at radius 2 is 1.04 bits per heavy atom. The lowest BCUT2D eigenvalue weighted by Crippen LogP contribution is -2.29. The Kier molecular flexibility index (Phi) is 9.91. The Labute approximate surface area is 179 Å². The van der Waals surface area contributed by atoms with Crippen molar-refractivity contribution in [1.29, 1.82) is 0 Å². The first-order valence-electron chi connectivity index (χ1n) is 10.8. The maximum atomic E-state index is 9.71. The lowest BCUT2D eigenvalue weighted by Gasteiger charge is -2.34. The molecule has 0 aliphatic rings. The highest BCUT2D eigenvalue weighted by Gasteiger charge is 2.32. The van der Waals surface area contributed by atoms with E-state index in [1.54, 1.807) is 24.3 Å². The Hall–Kier alpha value is -1.48. The van der Waals surface area contributed by atoms with Crippen LogP contribution in [0.5, 0.6) is 11.5 Å². The second kappa shape index (κ2) is 12.2. The van der Waals surface area contributed by atoms with Gasteiger partial charge in [-0.05, 0) is 41.8 Å². The number of halogens is 1. The van der Waals surface area contributed by atoms with Crippen LogP contribution in [0.4, 0.5) is 0 Å². The molecule has 0 unspecified atom stereocenters. The summed E-state index contributed by atoms with van der Waals surface area (Å²) in [7, 11) is 0. The van der Waals surface area contributed by atoms with Gasteiger partial charge in [0.25, 0.3) is 0 Å². The molecule has 3 heteroatoms. The summed E-state index contributed by atoms with van der Waals surface area (Å²) in [6, 6.07) is 15.2. The molecule has 0 aromatic heterocycles. The number of phenolic OH excluding ortho intramolecular Hbond substituents is 2. The number of hydrogen-bond acceptors (Lipinski definition) is 2. The zero-order chi connectivity index (χ0) is 20.2. The summed E-state index contributed by atoms with van der Waals surface area (Å²) in [5.74, 6) is 0.585. The van der Waals surface area contributed by atoms with Crippen LogP contribution in [0.15, 0.2) is 48.5 Å². The first-order chi connectivity index (χ1) is 13.6. The number of aromatic hydroxyl groups is 2. The average Bonchev–Trinajstić information content (AvgIpc) is 2.71. The first-order valence-corrected chi connectivity index (χ1v) is 11.9. The van der Waals surface area contributed by atoms with Crippen LogP contribution in [0.1, 0.15) is 82.3 Å². The molecule has 0 atom stereocenters. The van der Waals surface area contributed by atoms with Gasteiger partial charge in [-0.3, -0.25) is 0 Å². The molecular weight excluding hydrogens is 412 g/mol. The molecule has 0 aliphatic heterocycles. The normalized spacial score (nSPS) is 11.6. The van der Waals surface area contributed by atoms with Gasteiger partial charge in [0.15, 0.2) is 0 Å². The van der Waals surface area contributed by atoms with E-state index in [9.17, 15) is 10.2 Å². The number of benzene rings is 2. The molecule has 0 fully saturated rings. The zero-order valence-corrected chi connectivity index (χ0v) is 18.8. The number of phenols is 2. The average molecular weight is 447 g/mol. The summed E-state index contributed by atoms with van der Waals surface area (Å²) in [5, 5.41) is 20.2. The molecule has 2 aromatic carbocycles. The highest BCUT2D eigenvalue weighted by atomic mass is 79.9. The third-order valence-corrected chi connectivity index (χ3v) is 6.73. The second-order valence-electron chi connectivity index (χ2n) is 7.89. The molecule has 0 heterocycles. The van der Waals surface area contributed by atoms with Crippen LogP contribution >= 0.6 is 15.9 Å². The van der Waals surface area contributed by atoms with Crippen LogP contribution in [0, 0.1) is 0 Å². The SMILES string of the molecule is CCCCCCCCCCCC(CBr)(c1ccc(O)cc1)c1ccc(O)cc1. The number of hydrogen-bond donors (Lipinski definition) is 2. The fraction of sp³-hybridized carbons (Fsp3) is 0.520. The van der Waals surface area contributed by atoms with E-state index in [-0.39, 0.29) is 5.41 Å². The van der Waals surface area contributed by atoms with Gasteiger partial charge in [-0.15, -0.1) is 0 Å². The molecule has 0 saturated carbocycles. The van der Waals surface area contributed by atoms with Crippen LogP contribution in [0.3, 0.4) is 0 Å². The Morgan fingerprint density at radius 1 is 0.643 bits per heavy atom. The second-order valence-corrected chi connectivity index (χ2v) is 8.45. The summed E-state index contributed by atoms with van der Waals surface area (Å²) in [6.45, 7) is 2.26. The number of alkyl halides is 1. The fourth-order valence-corrected chi connectivity index (χ4v) is 4.90. The summed E-state index contributed by atoms with van der Waals surface area (Å²) >= 11 is 3.78. The van der Waals surface area contributed by atoms with Gasteiger partial charge in [0, 0.05) is 10.7 Å². The van der Waals surface area contributed by atoms with Gasteiger partial charge < -0.3 is 10.2 Å². The molecular formula is C25H35BrO2. The molecule has 2 nitrogen and oxygen atoms in total. The van der Waals surface area contributed by atoms with E-state index in [1.807, 2.05) is 24.3 Å². The van der Waals surface area contributed by atoms with E-state index < -0.39 is 0 Å². The van der Waals surface area contributed by atoms with Crippen LogP contribution in [-0.2, 0) is 5.41 Å². The van der Waals surface area contributed by atoms with Crippen LogP contribution in [0.25, 0.3) is 0 Å². The molecule has 0 amide bonds. The predicted octanol–water partition coefficient (Wildman–Crippen LogP) is 7.70. The molecule has 2 N–H and O–H groups in total. The van der Waals surface area contributed by atoms with E-state index in [0.717, 1.165) is 11.8 Å².